The smallest absolute Gasteiger partial charge is 0.0768 e. The minimum absolute atomic E-state index is 0.453. The van der Waals surface area contributed by atoms with Crippen LogP contribution in [0.4, 0.5) is 0 Å². The zero-order chi connectivity index (χ0) is 12.3. The van der Waals surface area contributed by atoms with Gasteiger partial charge in [-0.05, 0) is 53.4 Å². The summed E-state index contributed by atoms with van der Waals surface area (Å²) < 4.78 is 0. The second kappa shape index (κ2) is 5.30. The van der Waals surface area contributed by atoms with E-state index in [0.29, 0.717) is 0 Å². The van der Waals surface area contributed by atoms with Gasteiger partial charge in [-0.1, -0.05) is 29.8 Å². The summed E-state index contributed by atoms with van der Waals surface area (Å²) in [6.45, 7) is 3.87. The Hall–Kier alpha value is -1.38. The van der Waals surface area contributed by atoms with Gasteiger partial charge in [0.25, 0.3) is 0 Å². The van der Waals surface area contributed by atoms with Crippen molar-refractivity contribution >= 4 is 23.0 Å². The molecule has 0 aliphatic heterocycles. The van der Waals surface area contributed by atoms with Crippen molar-refractivity contribution in [2.45, 2.75) is 20.0 Å². The maximum absolute atomic E-state index is 9.84. The Labute approximate surface area is 106 Å². The summed E-state index contributed by atoms with van der Waals surface area (Å²) in [7, 11) is 0. The average molecular weight is 244 g/mol. The Morgan fingerprint density at radius 1 is 1.24 bits per heavy atom. The maximum Gasteiger partial charge on any atom is 0.0768 e. The summed E-state index contributed by atoms with van der Waals surface area (Å²) in [6.07, 6.45) is 1.59. The monoisotopic (exact) mass is 244 g/mol. The van der Waals surface area contributed by atoms with Crippen molar-refractivity contribution in [3.05, 3.63) is 57.8 Å². The standard InChI is InChI=1S/C15H16OS/c1-11-3-5-13(6-4-11)9-15(12(2)16)14-7-8-17-10-14/h3-10,12,16H,1-2H3/b15-9-. The van der Waals surface area contributed by atoms with E-state index >= 15 is 0 Å². The van der Waals surface area contributed by atoms with E-state index in [2.05, 4.69) is 36.6 Å². The molecular formula is C15H16OS. The summed E-state index contributed by atoms with van der Waals surface area (Å²) in [5, 5.41) is 13.9. The van der Waals surface area contributed by atoms with Crippen LogP contribution in [0.15, 0.2) is 41.1 Å². The van der Waals surface area contributed by atoms with Crippen molar-refractivity contribution in [3.8, 4) is 0 Å². The van der Waals surface area contributed by atoms with Crippen LogP contribution in [-0.2, 0) is 0 Å². The molecule has 1 aromatic heterocycles. The third-order valence-corrected chi connectivity index (χ3v) is 3.39. The molecule has 0 aliphatic carbocycles. The van der Waals surface area contributed by atoms with Crippen LogP contribution in [0.5, 0.6) is 0 Å². The summed E-state index contributed by atoms with van der Waals surface area (Å²) in [5.74, 6) is 0. The fraction of sp³-hybridized carbons (Fsp3) is 0.200. The Kier molecular flexibility index (Phi) is 3.77. The summed E-state index contributed by atoms with van der Waals surface area (Å²) in [5.41, 5.74) is 4.44. The van der Waals surface area contributed by atoms with Gasteiger partial charge in [-0.2, -0.15) is 11.3 Å². The number of rotatable bonds is 3. The van der Waals surface area contributed by atoms with E-state index in [-0.39, 0.29) is 0 Å². The molecule has 1 atom stereocenters. The second-order valence-corrected chi connectivity index (χ2v) is 4.98. The van der Waals surface area contributed by atoms with Gasteiger partial charge in [-0.3, -0.25) is 0 Å². The lowest BCUT2D eigenvalue weighted by atomic mass is 10.0. The van der Waals surface area contributed by atoms with Crippen LogP contribution in [0.2, 0.25) is 0 Å². The molecule has 1 N–H and O–H groups in total. The third-order valence-electron chi connectivity index (χ3n) is 2.70. The van der Waals surface area contributed by atoms with Gasteiger partial charge in [-0.15, -0.1) is 0 Å². The van der Waals surface area contributed by atoms with Crippen molar-refractivity contribution in [1.29, 1.82) is 0 Å². The fourth-order valence-corrected chi connectivity index (χ4v) is 2.38. The molecule has 1 unspecified atom stereocenters. The quantitative estimate of drug-likeness (QED) is 0.866. The van der Waals surface area contributed by atoms with Crippen LogP contribution >= 0.6 is 11.3 Å². The van der Waals surface area contributed by atoms with Crippen LogP contribution < -0.4 is 0 Å². The topological polar surface area (TPSA) is 20.2 Å². The second-order valence-electron chi connectivity index (χ2n) is 4.20. The molecule has 0 amide bonds. The normalized spacial score (nSPS) is 13.7. The van der Waals surface area contributed by atoms with E-state index in [1.54, 1.807) is 18.3 Å². The fourth-order valence-electron chi connectivity index (χ4n) is 1.72. The Morgan fingerprint density at radius 3 is 2.47 bits per heavy atom. The molecule has 1 aromatic carbocycles. The molecule has 0 bridgehead atoms. The molecule has 0 radical (unpaired) electrons. The van der Waals surface area contributed by atoms with Gasteiger partial charge in [0.1, 0.15) is 0 Å². The Morgan fingerprint density at radius 2 is 1.94 bits per heavy atom. The predicted octanol–water partition coefficient (Wildman–Crippen LogP) is 3.98. The first-order chi connectivity index (χ1) is 8.16. The minimum atomic E-state index is -0.453. The SMILES string of the molecule is Cc1ccc(/C=C(\c2ccsc2)C(C)O)cc1. The molecule has 2 aromatic rings. The van der Waals surface area contributed by atoms with Crippen LogP contribution in [0, 0.1) is 6.92 Å². The predicted molar refractivity (Wildman–Crippen MR) is 75.0 cm³/mol. The van der Waals surface area contributed by atoms with Gasteiger partial charge < -0.3 is 5.11 Å². The molecule has 88 valence electrons. The van der Waals surface area contributed by atoms with E-state index < -0.39 is 6.10 Å². The number of hydrogen-bond acceptors (Lipinski definition) is 2. The lowest BCUT2D eigenvalue weighted by Gasteiger charge is -2.09. The first kappa shape index (κ1) is 12.1. The van der Waals surface area contributed by atoms with E-state index in [0.717, 1.165) is 16.7 Å². The number of hydrogen-bond donors (Lipinski definition) is 1. The highest BCUT2D eigenvalue weighted by Crippen LogP contribution is 2.24. The first-order valence-corrected chi connectivity index (χ1v) is 6.60. The number of aryl methyl sites for hydroxylation is 1. The van der Waals surface area contributed by atoms with E-state index in [9.17, 15) is 5.11 Å². The molecule has 0 saturated heterocycles. The minimum Gasteiger partial charge on any atom is -0.389 e. The van der Waals surface area contributed by atoms with E-state index in [1.807, 2.05) is 17.5 Å². The largest absolute Gasteiger partial charge is 0.389 e. The molecule has 2 rings (SSSR count). The first-order valence-electron chi connectivity index (χ1n) is 5.66. The van der Waals surface area contributed by atoms with Crippen molar-refractivity contribution in [3.63, 3.8) is 0 Å². The van der Waals surface area contributed by atoms with E-state index in [1.165, 1.54) is 5.56 Å². The zero-order valence-electron chi connectivity index (χ0n) is 10.1. The summed E-state index contributed by atoms with van der Waals surface area (Å²) >= 11 is 1.65. The molecule has 0 fully saturated rings. The van der Waals surface area contributed by atoms with Crippen LogP contribution in [0.3, 0.4) is 0 Å². The summed E-state index contributed by atoms with van der Waals surface area (Å²) in [4.78, 5) is 0. The van der Waals surface area contributed by atoms with Crippen molar-refractivity contribution < 1.29 is 5.11 Å². The van der Waals surface area contributed by atoms with Gasteiger partial charge in [0.15, 0.2) is 0 Å². The van der Waals surface area contributed by atoms with Gasteiger partial charge >= 0.3 is 0 Å². The molecule has 2 heteroatoms. The summed E-state index contributed by atoms with van der Waals surface area (Å²) in [6, 6.07) is 10.4. The average Bonchev–Trinajstić information content (AvgIpc) is 2.81. The molecule has 1 nitrogen and oxygen atoms in total. The number of benzene rings is 1. The lowest BCUT2D eigenvalue weighted by molar-refractivity contribution is 0.254. The Bertz CT molecular complexity index is 492. The number of thiophene rings is 1. The van der Waals surface area contributed by atoms with E-state index in [4.69, 9.17) is 0 Å². The maximum atomic E-state index is 9.84. The molecule has 0 saturated carbocycles. The third kappa shape index (κ3) is 3.05. The lowest BCUT2D eigenvalue weighted by Crippen LogP contribution is -2.02. The highest BCUT2D eigenvalue weighted by molar-refractivity contribution is 7.08. The van der Waals surface area contributed by atoms with Crippen LogP contribution in [0.25, 0.3) is 11.6 Å². The molecular weight excluding hydrogens is 228 g/mol. The number of aliphatic hydroxyl groups is 1. The molecule has 0 spiro atoms. The number of aliphatic hydroxyl groups excluding tert-OH is 1. The van der Waals surface area contributed by atoms with Crippen LogP contribution in [-0.4, -0.2) is 11.2 Å². The van der Waals surface area contributed by atoms with Crippen LogP contribution in [0.1, 0.15) is 23.6 Å². The van der Waals surface area contributed by atoms with Gasteiger partial charge in [-0.25, -0.2) is 0 Å². The molecule has 1 heterocycles. The van der Waals surface area contributed by atoms with Gasteiger partial charge in [0.2, 0.25) is 0 Å². The van der Waals surface area contributed by atoms with Crippen molar-refractivity contribution in [2.75, 3.05) is 0 Å². The Balaban J connectivity index is 2.37. The highest BCUT2D eigenvalue weighted by atomic mass is 32.1. The van der Waals surface area contributed by atoms with Crippen molar-refractivity contribution in [2.24, 2.45) is 0 Å². The van der Waals surface area contributed by atoms with Gasteiger partial charge in [0, 0.05) is 0 Å². The van der Waals surface area contributed by atoms with Crippen molar-refractivity contribution in [1.82, 2.24) is 0 Å². The zero-order valence-corrected chi connectivity index (χ0v) is 10.9. The molecule has 17 heavy (non-hydrogen) atoms. The highest BCUT2D eigenvalue weighted by Gasteiger charge is 2.08. The molecule has 0 aliphatic rings. The van der Waals surface area contributed by atoms with Gasteiger partial charge in [0.05, 0.1) is 6.10 Å².